The molecule has 0 atom stereocenters. The van der Waals surface area contributed by atoms with Gasteiger partial charge in [0.2, 0.25) is 0 Å². The number of rotatable bonds is 4. The molecule has 3 N–H and O–H groups in total. The molecule has 1 fully saturated rings. The lowest BCUT2D eigenvalue weighted by Gasteiger charge is -2.11. The Hall–Kier alpha value is -1.70. The number of aliphatic imine (C=N–C) groups is 1. The highest BCUT2D eigenvalue weighted by Gasteiger charge is 2.14. The molecule has 23 heavy (non-hydrogen) atoms. The van der Waals surface area contributed by atoms with Crippen molar-refractivity contribution in [2.24, 2.45) is 10.7 Å². The summed E-state index contributed by atoms with van der Waals surface area (Å²) >= 11 is 0. The molecule has 0 amide bonds. The topological polar surface area (TPSA) is 76.2 Å². The Morgan fingerprint density at radius 3 is 2.39 bits per heavy atom. The first-order valence-electron chi connectivity index (χ1n) is 7.74. The minimum absolute atomic E-state index is 0. The fourth-order valence-electron chi connectivity index (χ4n) is 2.70. The fourth-order valence-corrected chi connectivity index (χ4v) is 2.70. The van der Waals surface area contributed by atoms with Gasteiger partial charge >= 0.3 is 0 Å². The summed E-state index contributed by atoms with van der Waals surface area (Å²) in [5.41, 5.74) is 8.02. The number of guanidine groups is 1. The van der Waals surface area contributed by atoms with Crippen LogP contribution in [0, 0.1) is 0 Å². The molecule has 1 aromatic carbocycles. The van der Waals surface area contributed by atoms with Gasteiger partial charge in [-0.1, -0.05) is 43.2 Å². The van der Waals surface area contributed by atoms with Gasteiger partial charge in [0.1, 0.15) is 12.4 Å². The van der Waals surface area contributed by atoms with E-state index in [1.165, 1.54) is 25.7 Å². The SMILES string of the molecule is I.NC(=NCc1ncc(-c2ccccc2)cn1)NC1CCCC1. The van der Waals surface area contributed by atoms with Gasteiger partial charge in [-0.2, -0.15) is 0 Å². The summed E-state index contributed by atoms with van der Waals surface area (Å²) in [6.07, 6.45) is 8.56. The largest absolute Gasteiger partial charge is 0.370 e. The molecule has 0 bridgehead atoms. The summed E-state index contributed by atoms with van der Waals surface area (Å²) in [5, 5.41) is 3.26. The van der Waals surface area contributed by atoms with Crippen molar-refractivity contribution in [1.29, 1.82) is 0 Å². The van der Waals surface area contributed by atoms with Gasteiger partial charge in [0.15, 0.2) is 5.96 Å². The van der Waals surface area contributed by atoms with Crippen LogP contribution in [0.1, 0.15) is 31.5 Å². The van der Waals surface area contributed by atoms with Crippen molar-refractivity contribution in [3.8, 4) is 11.1 Å². The smallest absolute Gasteiger partial charge is 0.189 e. The van der Waals surface area contributed by atoms with E-state index in [2.05, 4.69) is 20.3 Å². The van der Waals surface area contributed by atoms with Gasteiger partial charge in [-0.25, -0.2) is 15.0 Å². The third-order valence-corrected chi connectivity index (χ3v) is 3.91. The normalized spacial score (nSPS) is 15.2. The van der Waals surface area contributed by atoms with Gasteiger partial charge in [-0.05, 0) is 18.4 Å². The van der Waals surface area contributed by atoms with E-state index in [1.807, 2.05) is 42.7 Å². The number of benzene rings is 1. The molecular weight excluding hydrogens is 401 g/mol. The van der Waals surface area contributed by atoms with E-state index >= 15 is 0 Å². The van der Waals surface area contributed by atoms with Crippen LogP contribution in [0.5, 0.6) is 0 Å². The molecule has 0 saturated heterocycles. The fraction of sp³-hybridized carbons (Fsp3) is 0.353. The Morgan fingerprint density at radius 2 is 1.74 bits per heavy atom. The Morgan fingerprint density at radius 1 is 1.09 bits per heavy atom. The van der Waals surface area contributed by atoms with Gasteiger partial charge in [0.25, 0.3) is 0 Å². The lowest BCUT2D eigenvalue weighted by atomic mass is 10.1. The maximum atomic E-state index is 5.91. The molecule has 5 nitrogen and oxygen atoms in total. The second-order valence-corrected chi connectivity index (χ2v) is 5.58. The van der Waals surface area contributed by atoms with Gasteiger partial charge in [0, 0.05) is 24.0 Å². The molecule has 1 aliphatic rings. The van der Waals surface area contributed by atoms with Crippen LogP contribution in [-0.4, -0.2) is 22.0 Å². The minimum atomic E-state index is 0. The first-order chi connectivity index (χ1) is 10.8. The first kappa shape index (κ1) is 17.7. The van der Waals surface area contributed by atoms with Crippen molar-refractivity contribution in [3.63, 3.8) is 0 Å². The number of nitrogens with zero attached hydrogens (tertiary/aromatic N) is 3. The van der Waals surface area contributed by atoms with Crippen LogP contribution in [0.15, 0.2) is 47.7 Å². The quantitative estimate of drug-likeness (QED) is 0.450. The number of halogens is 1. The maximum absolute atomic E-state index is 5.91. The standard InChI is InChI=1S/C17H21N5.HI/c18-17(22-15-8-4-5-9-15)21-12-16-19-10-14(11-20-16)13-6-2-1-3-7-13;/h1-3,6-7,10-11,15H,4-5,8-9,12H2,(H3,18,21,22);1H. The average molecular weight is 423 g/mol. The van der Waals surface area contributed by atoms with Crippen LogP contribution in [0.3, 0.4) is 0 Å². The molecule has 0 aliphatic heterocycles. The molecule has 0 spiro atoms. The third-order valence-electron chi connectivity index (χ3n) is 3.91. The monoisotopic (exact) mass is 423 g/mol. The Bertz CT molecular complexity index is 621. The summed E-state index contributed by atoms with van der Waals surface area (Å²) < 4.78 is 0. The highest BCUT2D eigenvalue weighted by atomic mass is 127. The lowest BCUT2D eigenvalue weighted by molar-refractivity contribution is 0.624. The zero-order chi connectivity index (χ0) is 15.2. The Kier molecular flexibility index (Phi) is 6.76. The highest BCUT2D eigenvalue weighted by Crippen LogP contribution is 2.17. The number of aromatic nitrogens is 2. The van der Waals surface area contributed by atoms with E-state index < -0.39 is 0 Å². The van der Waals surface area contributed by atoms with Crippen molar-refractivity contribution in [3.05, 3.63) is 48.5 Å². The number of nitrogens with one attached hydrogen (secondary N) is 1. The molecule has 122 valence electrons. The van der Waals surface area contributed by atoms with Crippen LogP contribution in [0.25, 0.3) is 11.1 Å². The summed E-state index contributed by atoms with van der Waals surface area (Å²) in [5.74, 6) is 1.17. The van der Waals surface area contributed by atoms with E-state index in [1.54, 1.807) is 0 Å². The van der Waals surface area contributed by atoms with Crippen molar-refractivity contribution in [1.82, 2.24) is 15.3 Å². The van der Waals surface area contributed by atoms with Crippen LogP contribution >= 0.6 is 24.0 Å². The molecular formula is C17H22IN5. The van der Waals surface area contributed by atoms with E-state index in [-0.39, 0.29) is 24.0 Å². The molecule has 1 saturated carbocycles. The van der Waals surface area contributed by atoms with Gasteiger partial charge < -0.3 is 11.1 Å². The second kappa shape index (κ2) is 8.81. The van der Waals surface area contributed by atoms with Crippen LogP contribution in [0.2, 0.25) is 0 Å². The molecule has 2 aromatic rings. The van der Waals surface area contributed by atoms with Crippen LogP contribution in [0.4, 0.5) is 0 Å². The zero-order valence-electron chi connectivity index (χ0n) is 13.0. The van der Waals surface area contributed by atoms with E-state index in [0.29, 0.717) is 24.4 Å². The maximum Gasteiger partial charge on any atom is 0.189 e. The molecule has 6 heteroatoms. The van der Waals surface area contributed by atoms with Crippen LogP contribution in [-0.2, 0) is 6.54 Å². The van der Waals surface area contributed by atoms with Gasteiger partial charge in [0.05, 0.1) is 0 Å². The van der Waals surface area contributed by atoms with E-state index in [9.17, 15) is 0 Å². The third kappa shape index (κ3) is 5.16. The van der Waals surface area contributed by atoms with Crippen molar-refractivity contribution in [2.75, 3.05) is 0 Å². The molecule has 1 aliphatic carbocycles. The molecule has 0 radical (unpaired) electrons. The predicted octanol–water partition coefficient (Wildman–Crippen LogP) is 3.11. The van der Waals surface area contributed by atoms with Crippen molar-refractivity contribution >= 4 is 29.9 Å². The summed E-state index contributed by atoms with van der Waals surface area (Å²) in [7, 11) is 0. The Balaban J connectivity index is 0.00000192. The Labute approximate surface area is 153 Å². The zero-order valence-corrected chi connectivity index (χ0v) is 15.3. The van der Waals surface area contributed by atoms with Crippen LogP contribution < -0.4 is 11.1 Å². The molecule has 1 aromatic heterocycles. The van der Waals surface area contributed by atoms with Gasteiger partial charge in [-0.15, -0.1) is 24.0 Å². The number of nitrogens with two attached hydrogens (primary N) is 1. The molecule has 1 heterocycles. The van der Waals surface area contributed by atoms with Crippen molar-refractivity contribution < 1.29 is 0 Å². The number of hydrogen-bond acceptors (Lipinski definition) is 3. The predicted molar refractivity (Wildman–Crippen MR) is 104 cm³/mol. The summed E-state index contributed by atoms with van der Waals surface area (Å²) in [6, 6.07) is 10.6. The average Bonchev–Trinajstić information content (AvgIpc) is 3.07. The first-order valence-corrected chi connectivity index (χ1v) is 7.74. The van der Waals surface area contributed by atoms with E-state index in [4.69, 9.17) is 5.73 Å². The minimum Gasteiger partial charge on any atom is -0.370 e. The van der Waals surface area contributed by atoms with Gasteiger partial charge in [-0.3, -0.25) is 0 Å². The number of hydrogen-bond donors (Lipinski definition) is 2. The van der Waals surface area contributed by atoms with Crippen molar-refractivity contribution in [2.45, 2.75) is 38.3 Å². The molecule has 3 rings (SSSR count). The lowest BCUT2D eigenvalue weighted by Crippen LogP contribution is -2.38. The summed E-state index contributed by atoms with van der Waals surface area (Å²) in [6.45, 7) is 0.403. The molecule has 0 unspecified atom stereocenters. The van der Waals surface area contributed by atoms with E-state index in [0.717, 1.165) is 11.1 Å². The summed E-state index contributed by atoms with van der Waals surface area (Å²) in [4.78, 5) is 13.0. The highest BCUT2D eigenvalue weighted by molar-refractivity contribution is 14.0. The second-order valence-electron chi connectivity index (χ2n) is 5.58.